The average molecular weight is 449 g/mol. The van der Waals surface area contributed by atoms with Gasteiger partial charge < -0.3 is 0 Å². The molecule has 0 atom stereocenters. The smallest absolute Gasteiger partial charge is 0.0440 e. The lowest BCUT2D eigenvalue weighted by molar-refractivity contribution is 1.29. The third-order valence-corrected chi connectivity index (χ3v) is 8.68. The fourth-order valence-electron chi connectivity index (χ4n) is 6.08. The Balaban J connectivity index is 1.68. The fourth-order valence-corrected chi connectivity index (χ4v) is 7.34. The Morgan fingerprint density at radius 3 is 2.12 bits per heavy atom. The molecule has 1 aromatic heterocycles. The van der Waals surface area contributed by atoms with Gasteiger partial charge in [0.25, 0.3) is 0 Å². The van der Waals surface area contributed by atoms with E-state index in [1.807, 2.05) is 11.3 Å². The quantitative estimate of drug-likeness (QED) is 0.219. The minimum absolute atomic E-state index is 0.986. The highest BCUT2D eigenvalue weighted by molar-refractivity contribution is 7.27. The van der Waals surface area contributed by atoms with Gasteiger partial charge >= 0.3 is 0 Å². The lowest BCUT2D eigenvalue weighted by Gasteiger charge is -2.17. The first-order valence-corrected chi connectivity index (χ1v) is 12.7. The molecule has 8 rings (SSSR count). The van der Waals surface area contributed by atoms with Gasteiger partial charge in [-0.2, -0.15) is 0 Å². The van der Waals surface area contributed by atoms with Crippen LogP contribution in [0.3, 0.4) is 0 Å². The van der Waals surface area contributed by atoms with Gasteiger partial charge in [0.2, 0.25) is 0 Å². The van der Waals surface area contributed by atoms with Crippen LogP contribution in [0.5, 0.6) is 0 Å². The number of hydrogen-bond acceptors (Lipinski definition) is 1. The lowest BCUT2D eigenvalue weighted by atomic mass is 9.86. The molecule has 34 heavy (non-hydrogen) atoms. The minimum atomic E-state index is 0.986. The van der Waals surface area contributed by atoms with E-state index in [-0.39, 0.29) is 0 Å². The number of benzene rings is 6. The van der Waals surface area contributed by atoms with E-state index in [9.17, 15) is 0 Å². The molecule has 0 saturated heterocycles. The molecule has 0 aliphatic heterocycles. The van der Waals surface area contributed by atoms with Crippen LogP contribution in [0.15, 0.2) is 109 Å². The molecule has 0 radical (unpaired) electrons. The van der Waals surface area contributed by atoms with Crippen molar-refractivity contribution in [1.82, 2.24) is 0 Å². The molecule has 0 amide bonds. The maximum Gasteiger partial charge on any atom is 0.0440 e. The fraction of sp³-hybridized carbons (Fsp3) is 0.0303. The molecule has 0 nitrogen and oxygen atoms in total. The maximum atomic E-state index is 2.49. The highest BCUT2D eigenvalue weighted by Gasteiger charge is 2.27. The van der Waals surface area contributed by atoms with Crippen LogP contribution in [0.25, 0.3) is 64.0 Å². The molecule has 0 N–H and O–H groups in total. The van der Waals surface area contributed by atoms with Gasteiger partial charge in [0.05, 0.1) is 0 Å². The van der Waals surface area contributed by atoms with Gasteiger partial charge in [0.15, 0.2) is 0 Å². The zero-order valence-electron chi connectivity index (χ0n) is 18.5. The van der Waals surface area contributed by atoms with Gasteiger partial charge in [-0.1, -0.05) is 97.1 Å². The van der Waals surface area contributed by atoms with Crippen molar-refractivity contribution in [3.05, 3.63) is 120 Å². The first-order valence-electron chi connectivity index (χ1n) is 11.8. The van der Waals surface area contributed by atoms with Crippen molar-refractivity contribution in [2.24, 2.45) is 0 Å². The van der Waals surface area contributed by atoms with E-state index in [2.05, 4.69) is 109 Å². The largest absolute Gasteiger partial charge is 0.135 e. The molecule has 1 heteroatoms. The van der Waals surface area contributed by atoms with Crippen molar-refractivity contribution < 1.29 is 0 Å². The van der Waals surface area contributed by atoms with Crippen LogP contribution in [0.1, 0.15) is 11.1 Å². The first kappa shape index (κ1) is 18.5. The summed E-state index contributed by atoms with van der Waals surface area (Å²) in [6.07, 6.45) is 0.986. The highest BCUT2D eigenvalue weighted by atomic mass is 32.1. The van der Waals surface area contributed by atoms with E-state index in [0.717, 1.165) is 6.42 Å². The van der Waals surface area contributed by atoms with E-state index in [4.69, 9.17) is 0 Å². The van der Waals surface area contributed by atoms with Crippen LogP contribution < -0.4 is 0 Å². The van der Waals surface area contributed by atoms with Gasteiger partial charge in [0.1, 0.15) is 0 Å². The van der Waals surface area contributed by atoms with Gasteiger partial charge in [-0.15, -0.1) is 11.3 Å². The highest BCUT2D eigenvalue weighted by Crippen LogP contribution is 2.51. The Hall–Kier alpha value is -3.94. The molecule has 1 aliphatic carbocycles. The maximum absolute atomic E-state index is 2.49. The third-order valence-electron chi connectivity index (χ3n) is 7.48. The van der Waals surface area contributed by atoms with E-state index < -0.39 is 0 Å². The molecule has 0 fully saturated rings. The molecule has 0 unspecified atom stereocenters. The number of fused-ring (bicyclic) bond motifs is 12. The van der Waals surface area contributed by atoms with Crippen LogP contribution in [0.2, 0.25) is 0 Å². The first-order chi connectivity index (χ1) is 16.9. The second-order valence-electron chi connectivity index (χ2n) is 9.25. The van der Waals surface area contributed by atoms with Crippen molar-refractivity contribution in [2.75, 3.05) is 0 Å². The number of thiophene rings is 1. The number of rotatable bonds is 1. The molecule has 158 valence electrons. The Morgan fingerprint density at radius 2 is 1.24 bits per heavy atom. The summed E-state index contributed by atoms with van der Waals surface area (Å²) in [5.41, 5.74) is 8.35. The SMILES string of the molecule is c1ccc(-c2cc3c(c4c2-c2ccccc2C4)c2ccccc2c2sc4ccccc4c32)cc1. The standard InChI is InChI=1S/C33H20S/c1-2-10-20(11-3-1)26-19-28-31(27-18-21-12-4-5-13-22(21)30(26)27)23-14-6-7-15-24(23)33-32(28)25-16-8-9-17-29(25)34-33/h1-17,19H,18H2. The Morgan fingerprint density at radius 1 is 0.529 bits per heavy atom. The molecule has 1 heterocycles. The Bertz CT molecular complexity index is 1920. The van der Waals surface area contributed by atoms with Crippen LogP contribution in [-0.4, -0.2) is 0 Å². The summed E-state index contributed by atoms with van der Waals surface area (Å²) in [6.45, 7) is 0. The molecule has 0 spiro atoms. The molecular weight excluding hydrogens is 428 g/mol. The lowest BCUT2D eigenvalue weighted by Crippen LogP contribution is -1.91. The van der Waals surface area contributed by atoms with Gasteiger partial charge in [-0.3, -0.25) is 0 Å². The normalized spacial score (nSPS) is 12.6. The van der Waals surface area contributed by atoms with Crippen molar-refractivity contribution in [1.29, 1.82) is 0 Å². The van der Waals surface area contributed by atoms with Crippen LogP contribution in [0, 0.1) is 0 Å². The molecule has 0 bridgehead atoms. The Labute approximate surface area is 201 Å². The van der Waals surface area contributed by atoms with Crippen molar-refractivity contribution in [2.45, 2.75) is 6.42 Å². The average Bonchev–Trinajstić information content (AvgIpc) is 3.48. The minimum Gasteiger partial charge on any atom is -0.135 e. The van der Waals surface area contributed by atoms with E-state index in [1.165, 1.54) is 75.1 Å². The number of hydrogen-bond donors (Lipinski definition) is 0. The second-order valence-corrected chi connectivity index (χ2v) is 10.3. The molecule has 6 aromatic carbocycles. The molecule has 7 aromatic rings. The molecule has 1 aliphatic rings. The predicted octanol–water partition coefficient (Wildman–Crippen LogP) is 9.60. The zero-order valence-corrected chi connectivity index (χ0v) is 19.3. The third kappa shape index (κ3) is 2.37. The van der Waals surface area contributed by atoms with Crippen LogP contribution >= 0.6 is 11.3 Å². The second kappa shape index (κ2) is 6.79. The van der Waals surface area contributed by atoms with Crippen LogP contribution in [-0.2, 0) is 6.42 Å². The summed E-state index contributed by atoms with van der Waals surface area (Å²) < 4.78 is 2.76. The van der Waals surface area contributed by atoms with Gasteiger partial charge in [-0.25, -0.2) is 0 Å². The summed E-state index contributed by atoms with van der Waals surface area (Å²) in [4.78, 5) is 0. The van der Waals surface area contributed by atoms with E-state index >= 15 is 0 Å². The predicted molar refractivity (Wildman–Crippen MR) is 148 cm³/mol. The van der Waals surface area contributed by atoms with Crippen molar-refractivity contribution in [3.8, 4) is 22.3 Å². The Kier molecular flexibility index (Phi) is 3.69. The summed E-state index contributed by atoms with van der Waals surface area (Å²) >= 11 is 1.93. The molecular formula is C33H20S. The van der Waals surface area contributed by atoms with Gasteiger partial charge in [0, 0.05) is 25.6 Å². The summed E-state index contributed by atoms with van der Waals surface area (Å²) in [6, 6.07) is 40.3. The van der Waals surface area contributed by atoms with E-state index in [1.54, 1.807) is 0 Å². The van der Waals surface area contributed by atoms with Crippen molar-refractivity contribution in [3.63, 3.8) is 0 Å². The topological polar surface area (TPSA) is 0 Å². The zero-order chi connectivity index (χ0) is 22.2. The summed E-state index contributed by atoms with van der Waals surface area (Å²) in [7, 11) is 0. The van der Waals surface area contributed by atoms with Crippen molar-refractivity contribution >= 4 is 53.1 Å². The summed E-state index contributed by atoms with van der Waals surface area (Å²) in [5.74, 6) is 0. The summed E-state index contributed by atoms with van der Waals surface area (Å²) in [5, 5.41) is 8.34. The molecule has 0 saturated carbocycles. The monoisotopic (exact) mass is 448 g/mol. The van der Waals surface area contributed by atoms with E-state index in [0.29, 0.717) is 0 Å². The van der Waals surface area contributed by atoms with Gasteiger partial charge in [-0.05, 0) is 68.1 Å². The van der Waals surface area contributed by atoms with Crippen LogP contribution in [0.4, 0.5) is 0 Å².